The summed E-state index contributed by atoms with van der Waals surface area (Å²) >= 11 is 0. The van der Waals surface area contributed by atoms with Gasteiger partial charge in [0.1, 0.15) is 0 Å². The summed E-state index contributed by atoms with van der Waals surface area (Å²) in [5, 5.41) is 17.3. The van der Waals surface area contributed by atoms with Gasteiger partial charge in [-0.15, -0.1) is 0 Å². The normalized spacial score (nSPS) is 12.1. The highest BCUT2D eigenvalue weighted by molar-refractivity contribution is 5.91. The van der Waals surface area contributed by atoms with E-state index in [9.17, 15) is 9.59 Å². The van der Waals surface area contributed by atoms with Gasteiger partial charge >= 0.3 is 0 Å². The fraction of sp³-hybridized carbons (Fsp3) is 0.269. The molecule has 7 heteroatoms. The van der Waals surface area contributed by atoms with Gasteiger partial charge in [-0.2, -0.15) is 0 Å². The second kappa shape index (κ2) is 10.7. The summed E-state index contributed by atoms with van der Waals surface area (Å²) in [4.78, 5) is 24.3. The van der Waals surface area contributed by atoms with Crippen LogP contribution in [0.1, 0.15) is 48.1 Å². The molecule has 0 radical (unpaired) electrons. The molecule has 0 bridgehead atoms. The number of hydrogen-bond donors (Lipinski definition) is 3. The number of benzene rings is 2. The quantitative estimate of drug-likeness (QED) is 0.199. The Bertz CT molecular complexity index is 1200. The summed E-state index contributed by atoms with van der Waals surface area (Å²) in [5.74, 6) is -0.626. The zero-order valence-corrected chi connectivity index (χ0v) is 19.2. The van der Waals surface area contributed by atoms with Gasteiger partial charge in [-0.1, -0.05) is 49.4 Å². The third-order valence-corrected chi connectivity index (χ3v) is 6.02. The molecule has 33 heavy (non-hydrogen) atoms. The number of nitrogens with one attached hydrogen (secondary N) is 2. The molecule has 0 aliphatic heterocycles. The molecule has 1 atom stereocenters. The number of para-hydroxylation sites is 1. The highest BCUT2D eigenvalue weighted by Crippen LogP contribution is 2.24. The second-order valence-corrected chi connectivity index (χ2v) is 8.00. The molecule has 0 aliphatic carbocycles. The van der Waals surface area contributed by atoms with Crippen LogP contribution >= 0.6 is 0 Å². The van der Waals surface area contributed by atoms with Crippen molar-refractivity contribution in [3.8, 4) is 5.69 Å². The van der Waals surface area contributed by atoms with Gasteiger partial charge in [0.15, 0.2) is 0 Å². The molecule has 0 aliphatic rings. The number of amides is 1. The van der Waals surface area contributed by atoms with Crippen molar-refractivity contribution < 1.29 is 10.0 Å². The fourth-order valence-electron chi connectivity index (χ4n) is 4.08. The minimum absolute atomic E-state index is 0.0369. The van der Waals surface area contributed by atoms with E-state index in [-0.39, 0.29) is 11.5 Å². The predicted octanol–water partition coefficient (Wildman–Crippen LogP) is 4.15. The van der Waals surface area contributed by atoms with Crippen LogP contribution in [0.2, 0.25) is 0 Å². The number of hydroxylamine groups is 1. The minimum Gasteiger partial charge on any atom is -0.309 e. The number of nitrogens with zero attached hydrogens (tertiary/aromatic N) is 2. The van der Waals surface area contributed by atoms with E-state index >= 15 is 0 Å². The van der Waals surface area contributed by atoms with Crippen molar-refractivity contribution >= 4 is 17.7 Å². The van der Waals surface area contributed by atoms with E-state index in [1.165, 1.54) is 6.08 Å². The molecule has 1 heterocycles. The van der Waals surface area contributed by atoms with Crippen molar-refractivity contribution in [1.29, 1.82) is 5.41 Å². The minimum atomic E-state index is -0.588. The number of rotatable bonds is 9. The van der Waals surface area contributed by atoms with Crippen LogP contribution in [0.4, 0.5) is 0 Å². The third-order valence-electron chi connectivity index (χ3n) is 6.02. The van der Waals surface area contributed by atoms with Crippen LogP contribution in [0.5, 0.6) is 0 Å². The molecule has 3 N–H and O–H groups in total. The van der Waals surface area contributed by atoms with E-state index in [0.717, 1.165) is 34.5 Å². The van der Waals surface area contributed by atoms with Crippen molar-refractivity contribution in [3.05, 3.63) is 93.4 Å². The van der Waals surface area contributed by atoms with Crippen molar-refractivity contribution in [1.82, 2.24) is 14.8 Å². The Kier molecular flexibility index (Phi) is 7.79. The van der Waals surface area contributed by atoms with E-state index in [0.29, 0.717) is 18.6 Å². The molecule has 2 aromatic carbocycles. The van der Waals surface area contributed by atoms with Crippen LogP contribution < -0.4 is 11.0 Å². The third kappa shape index (κ3) is 5.38. The largest absolute Gasteiger partial charge is 0.309 e. The smallest absolute Gasteiger partial charge is 0.274 e. The molecule has 0 saturated heterocycles. The van der Waals surface area contributed by atoms with E-state index in [4.69, 9.17) is 10.6 Å². The molecule has 0 spiro atoms. The molecule has 1 aromatic heterocycles. The maximum absolute atomic E-state index is 13.1. The average molecular weight is 447 g/mol. The van der Waals surface area contributed by atoms with Crippen LogP contribution in [0.25, 0.3) is 11.8 Å². The standard InChI is InChI=1S/C26H30N4O3/c1-4-22(20-13-10-19(11-14-20)12-17-25(31)28-33)24(27)16-15-23-18(2)29(3)30(26(23)32)21-8-6-5-7-9-21/h5-14,17,22,27,33H,4,15-16H2,1-3H3,(H,28,31)/b17-12+,27-24?/t22-/m0/s1. The summed E-state index contributed by atoms with van der Waals surface area (Å²) in [6, 6.07) is 17.2. The van der Waals surface area contributed by atoms with E-state index in [1.54, 1.807) is 16.2 Å². The molecule has 172 valence electrons. The molecular weight excluding hydrogens is 416 g/mol. The summed E-state index contributed by atoms with van der Waals surface area (Å²) < 4.78 is 3.55. The monoisotopic (exact) mass is 446 g/mol. The topological polar surface area (TPSA) is 100 Å². The van der Waals surface area contributed by atoms with Crippen molar-refractivity contribution in [2.75, 3.05) is 0 Å². The Hall–Kier alpha value is -3.71. The first kappa shape index (κ1) is 23.9. The summed E-state index contributed by atoms with van der Waals surface area (Å²) in [5.41, 5.74) is 6.44. The highest BCUT2D eigenvalue weighted by Gasteiger charge is 2.19. The Morgan fingerprint density at radius 1 is 1.15 bits per heavy atom. The Labute approximate surface area is 193 Å². The Morgan fingerprint density at radius 2 is 1.82 bits per heavy atom. The zero-order valence-electron chi connectivity index (χ0n) is 19.2. The first-order valence-corrected chi connectivity index (χ1v) is 11.0. The van der Waals surface area contributed by atoms with Gasteiger partial charge < -0.3 is 5.41 Å². The molecule has 3 rings (SSSR count). The number of carbonyl (C=O) groups is 1. The number of hydrogen-bond acceptors (Lipinski definition) is 4. The highest BCUT2D eigenvalue weighted by atomic mass is 16.5. The molecule has 1 amide bonds. The van der Waals surface area contributed by atoms with E-state index in [2.05, 4.69) is 6.92 Å². The second-order valence-electron chi connectivity index (χ2n) is 8.00. The lowest BCUT2D eigenvalue weighted by Gasteiger charge is -2.17. The zero-order chi connectivity index (χ0) is 24.0. The fourth-order valence-corrected chi connectivity index (χ4v) is 4.08. The number of aromatic nitrogens is 2. The van der Waals surface area contributed by atoms with Gasteiger partial charge in [0.25, 0.3) is 11.5 Å². The van der Waals surface area contributed by atoms with Crippen molar-refractivity contribution in [2.24, 2.45) is 7.05 Å². The predicted molar refractivity (Wildman–Crippen MR) is 130 cm³/mol. The van der Waals surface area contributed by atoms with Crippen LogP contribution in [0, 0.1) is 12.3 Å². The molecule has 0 saturated carbocycles. The molecule has 7 nitrogen and oxygen atoms in total. The van der Waals surface area contributed by atoms with Gasteiger partial charge in [0.2, 0.25) is 0 Å². The van der Waals surface area contributed by atoms with Gasteiger partial charge in [-0.3, -0.25) is 19.5 Å². The number of carbonyl (C=O) groups excluding carboxylic acids is 1. The molecule has 0 unspecified atom stereocenters. The van der Waals surface area contributed by atoms with E-state index in [1.807, 2.05) is 73.3 Å². The van der Waals surface area contributed by atoms with Gasteiger partial charge in [-0.25, -0.2) is 10.2 Å². The maximum Gasteiger partial charge on any atom is 0.274 e. The maximum atomic E-state index is 13.1. The first-order valence-electron chi connectivity index (χ1n) is 11.0. The first-order chi connectivity index (χ1) is 15.9. The average Bonchev–Trinajstić information content (AvgIpc) is 3.05. The lowest BCUT2D eigenvalue weighted by atomic mass is 9.88. The molecule has 3 aromatic rings. The SMILES string of the molecule is CC[C@H](C(=N)CCc1c(C)n(C)n(-c2ccccc2)c1=O)c1ccc(/C=C/C(=O)NO)cc1. The Balaban J connectivity index is 1.74. The lowest BCUT2D eigenvalue weighted by molar-refractivity contribution is -0.124. The molecular formula is C26H30N4O3. The van der Waals surface area contributed by atoms with Crippen LogP contribution in [0.3, 0.4) is 0 Å². The molecule has 0 fully saturated rings. The van der Waals surface area contributed by atoms with Gasteiger partial charge in [0.05, 0.1) is 5.69 Å². The van der Waals surface area contributed by atoms with Crippen LogP contribution in [-0.2, 0) is 18.3 Å². The van der Waals surface area contributed by atoms with Crippen molar-refractivity contribution in [3.63, 3.8) is 0 Å². The van der Waals surface area contributed by atoms with Crippen LogP contribution in [-0.4, -0.2) is 26.2 Å². The lowest BCUT2D eigenvalue weighted by Crippen LogP contribution is -2.21. The summed E-state index contributed by atoms with van der Waals surface area (Å²) in [7, 11) is 1.88. The van der Waals surface area contributed by atoms with Gasteiger partial charge in [-0.05, 0) is 55.5 Å². The van der Waals surface area contributed by atoms with Gasteiger partial charge in [0, 0.05) is 36.0 Å². The van der Waals surface area contributed by atoms with Crippen LogP contribution in [0.15, 0.2) is 65.5 Å². The summed E-state index contributed by atoms with van der Waals surface area (Å²) in [6.07, 6.45) is 4.66. The van der Waals surface area contributed by atoms with E-state index < -0.39 is 5.91 Å². The Morgan fingerprint density at radius 3 is 2.42 bits per heavy atom. The summed E-state index contributed by atoms with van der Waals surface area (Å²) in [6.45, 7) is 4.00. The van der Waals surface area contributed by atoms with Crippen molar-refractivity contribution in [2.45, 2.75) is 39.0 Å².